The summed E-state index contributed by atoms with van der Waals surface area (Å²) in [6.45, 7) is 6.90. The molecule has 0 heterocycles. The molecule has 2 N–H and O–H groups in total. The maximum absolute atomic E-state index is 12.2. The number of hydrogen-bond donors (Lipinski definition) is 2. The van der Waals surface area contributed by atoms with E-state index in [9.17, 15) is 14.4 Å². The first-order chi connectivity index (χ1) is 12.8. The fraction of sp³-hybridized carbons (Fsp3) is 0.286. The van der Waals surface area contributed by atoms with Gasteiger partial charge in [-0.15, -0.1) is 0 Å². The lowest BCUT2D eigenvalue weighted by atomic mass is 10.1. The number of rotatable bonds is 6. The van der Waals surface area contributed by atoms with Gasteiger partial charge in [0.1, 0.15) is 6.54 Å². The van der Waals surface area contributed by atoms with E-state index >= 15 is 0 Å². The van der Waals surface area contributed by atoms with E-state index in [0.29, 0.717) is 11.3 Å². The SMILES string of the molecule is Cc1ccc(C(=O)NCC(=O)OC(C)C(=O)Nc2cc(C)ccc2C)cc1. The van der Waals surface area contributed by atoms with E-state index in [4.69, 9.17) is 4.74 Å². The number of benzene rings is 2. The van der Waals surface area contributed by atoms with E-state index < -0.39 is 18.0 Å². The summed E-state index contributed by atoms with van der Waals surface area (Å²) in [4.78, 5) is 36.1. The molecule has 0 saturated heterocycles. The molecular weight excluding hydrogens is 344 g/mol. The Labute approximate surface area is 158 Å². The van der Waals surface area contributed by atoms with Crippen molar-refractivity contribution >= 4 is 23.5 Å². The summed E-state index contributed by atoms with van der Waals surface area (Å²) in [5.41, 5.74) is 4.09. The molecule has 142 valence electrons. The first-order valence-electron chi connectivity index (χ1n) is 8.68. The third-order valence-corrected chi connectivity index (χ3v) is 4.04. The van der Waals surface area contributed by atoms with Crippen LogP contribution in [0.15, 0.2) is 42.5 Å². The van der Waals surface area contributed by atoms with Crippen molar-refractivity contribution in [2.24, 2.45) is 0 Å². The van der Waals surface area contributed by atoms with Crippen LogP contribution in [0, 0.1) is 20.8 Å². The van der Waals surface area contributed by atoms with Gasteiger partial charge in [0.15, 0.2) is 6.10 Å². The van der Waals surface area contributed by atoms with Crippen LogP contribution in [0.4, 0.5) is 5.69 Å². The number of anilines is 1. The van der Waals surface area contributed by atoms with Crippen LogP contribution in [-0.4, -0.2) is 30.4 Å². The average Bonchev–Trinajstić information content (AvgIpc) is 2.63. The number of hydrogen-bond acceptors (Lipinski definition) is 4. The predicted molar refractivity (Wildman–Crippen MR) is 104 cm³/mol. The van der Waals surface area contributed by atoms with Gasteiger partial charge in [-0.2, -0.15) is 0 Å². The Morgan fingerprint density at radius 2 is 1.59 bits per heavy atom. The third kappa shape index (κ3) is 5.95. The molecule has 2 aromatic rings. The van der Waals surface area contributed by atoms with Crippen LogP contribution < -0.4 is 10.6 Å². The Bertz CT molecular complexity index is 844. The first kappa shape index (κ1) is 20.2. The lowest BCUT2D eigenvalue weighted by Crippen LogP contribution is -2.35. The summed E-state index contributed by atoms with van der Waals surface area (Å²) in [6.07, 6.45) is -0.978. The number of aryl methyl sites for hydroxylation is 3. The minimum absolute atomic E-state index is 0.312. The molecule has 2 amide bonds. The van der Waals surface area contributed by atoms with Gasteiger partial charge in [0.25, 0.3) is 11.8 Å². The lowest BCUT2D eigenvalue weighted by Gasteiger charge is -2.15. The molecule has 27 heavy (non-hydrogen) atoms. The van der Waals surface area contributed by atoms with Crippen LogP contribution >= 0.6 is 0 Å². The fourth-order valence-electron chi connectivity index (χ4n) is 2.36. The topological polar surface area (TPSA) is 84.5 Å². The number of carbonyl (C=O) groups is 3. The zero-order chi connectivity index (χ0) is 20.0. The van der Waals surface area contributed by atoms with Gasteiger partial charge >= 0.3 is 5.97 Å². The molecule has 0 spiro atoms. The standard InChI is InChI=1S/C21H24N2O4/c1-13-6-9-17(10-7-13)21(26)22-12-19(24)27-16(4)20(25)23-18-11-14(2)5-8-15(18)3/h5-11,16H,12H2,1-4H3,(H,22,26)(H,23,25). The quantitative estimate of drug-likeness (QED) is 0.768. The summed E-state index contributed by atoms with van der Waals surface area (Å²) >= 11 is 0. The van der Waals surface area contributed by atoms with Gasteiger partial charge in [-0.1, -0.05) is 29.8 Å². The highest BCUT2D eigenvalue weighted by Gasteiger charge is 2.19. The van der Waals surface area contributed by atoms with Gasteiger partial charge in [0.05, 0.1) is 0 Å². The monoisotopic (exact) mass is 368 g/mol. The zero-order valence-electron chi connectivity index (χ0n) is 16.0. The Morgan fingerprint density at radius 3 is 2.26 bits per heavy atom. The van der Waals surface area contributed by atoms with Crippen LogP contribution in [0.25, 0.3) is 0 Å². The molecular formula is C21H24N2O4. The maximum Gasteiger partial charge on any atom is 0.326 e. The van der Waals surface area contributed by atoms with Gasteiger partial charge in [-0.3, -0.25) is 14.4 Å². The molecule has 0 saturated carbocycles. The molecule has 2 aromatic carbocycles. The molecule has 0 aromatic heterocycles. The summed E-state index contributed by atoms with van der Waals surface area (Å²) < 4.78 is 5.09. The van der Waals surface area contributed by atoms with E-state index in [1.807, 2.05) is 51.1 Å². The summed E-state index contributed by atoms with van der Waals surface area (Å²) in [5.74, 6) is -1.49. The second kappa shape index (κ2) is 8.98. The maximum atomic E-state index is 12.2. The molecule has 6 heteroatoms. The van der Waals surface area contributed by atoms with Crippen molar-refractivity contribution in [3.63, 3.8) is 0 Å². The number of ether oxygens (including phenoxy) is 1. The van der Waals surface area contributed by atoms with Crippen molar-refractivity contribution in [1.29, 1.82) is 0 Å². The van der Waals surface area contributed by atoms with Gasteiger partial charge in [0, 0.05) is 11.3 Å². The van der Waals surface area contributed by atoms with Crippen molar-refractivity contribution in [3.8, 4) is 0 Å². The smallest absolute Gasteiger partial charge is 0.326 e. The van der Waals surface area contributed by atoms with E-state index in [1.54, 1.807) is 12.1 Å². The Hall–Kier alpha value is -3.15. The Morgan fingerprint density at radius 1 is 0.963 bits per heavy atom. The zero-order valence-corrected chi connectivity index (χ0v) is 16.0. The third-order valence-electron chi connectivity index (χ3n) is 4.04. The number of esters is 1. The van der Waals surface area contributed by atoms with Crippen molar-refractivity contribution in [3.05, 3.63) is 64.7 Å². The van der Waals surface area contributed by atoms with Gasteiger partial charge < -0.3 is 15.4 Å². The molecule has 2 rings (SSSR count). The first-order valence-corrected chi connectivity index (χ1v) is 8.68. The highest BCUT2D eigenvalue weighted by atomic mass is 16.5. The van der Waals surface area contributed by atoms with Crippen LogP contribution in [0.2, 0.25) is 0 Å². The lowest BCUT2D eigenvalue weighted by molar-refractivity contribution is -0.152. The highest BCUT2D eigenvalue weighted by molar-refractivity contribution is 5.97. The van der Waals surface area contributed by atoms with E-state index in [1.165, 1.54) is 6.92 Å². The van der Waals surface area contributed by atoms with Crippen molar-refractivity contribution in [1.82, 2.24) is 5.32 Å². The molecule has 0 bridgehead atoms. The largest absolute Gasteiger partial charge is 0.451 e. The second-order valence-electron chi connectivity index (χ2n) is 6.49. The summed E-state index contributed by atoms with van der Waals surface area (Å²) in [5, 5.41) is 5.23. The molecule has 0 radical (unpaired) electrons. The Kier molecular flexibility index (Phi) is 6.71. The molecule has 0 aliphatic rings. The second-order valence-corrected chi connectivity index (χ2v) is 6.49. The highest BCUT2D eigenvalue weighted by Crippen LogP contribution is 2.16. The van der Waals surface area contributed by atoms with E-state index in [0.717, 1.165) is 16.7 Å². The number of carbonyl (C=O) groups excluding carboxylic acids is 3. The molecule has 1 atom stereocenters. The minimum atomic E-state index is -0.978. The number of amides is 2. The fourth-order valence-corrected chi connectivity index (χ4v) is 2.36. The van der Waals surface area contributed by atoms with E-state index in [-0.39, 0.29) is 12.5 Å². The molecule has 1 unspecified atom stereocenters. The van der Waals surface area contributed by atoms with Crippen molar-refractivity contribution < 1.29 is 19.1 Å². The van der Waals surface area contributed by atoms with E-state index in [2.05, 4.69) is 10.6 Å². The van der Waals surface area contributed by atoms with Crippen molar-refractivity contribution in [2.75, 3.05) is 11.9 Å². The molecule has 6 nitrogen and oxygen atoms in total. The predicted octanol–water partition coefficient (Wildman–Crippen LogP) is 2.91. The van der Waals surface area contributed by atoms with Crippen LogP contribution in [-0.2, 0) is 14.3 Å². The van der Waals surface area contributed by atoms with Gasteiger partial charge in [0.2, 0.25) is 0 Å². The molecule has 0 aliphatic carbocycles. The summed E-state index contributed by atoms with van der Waals surface area (Å²) in [6, 6.07) is 12.7. The molecule has 0 fully saturated rings. The Balaban J connectivity index is 1.83. The van der Waals surface area contributed by atoms with Gasteiger partial charge in [-0.25, -0.2) is 0 Å². The summed E-state index contributed by atoms with van der Waals surface area (Å²) in [7, 11) is 0. The van der Waals surface area contributed by atoms with Crippen LogP contribution in [0.3, 0.4) is 0 Å². The molecule has 0 aliphatic heterocycles. The number of nitrogens with one attached hydrogen (secondary N) is 2. The normalized spacial score (nSPS) is 11.4. The van der Waals surface area contributed by atoms with Gasteiger partial charge in [-0.05, 0) is 57.0 Å². The van der Waals surface area contributed by atoms with Crippen LogP contribution in [0.5, 0.6) is 0 Å². The van der Waals surface area contributed by atoms with Crippen LogP contribution in [0.1, 0.15) is 34.0 Å². The minimum Gasteiger partial charge on any atom is -0.451 e. The average molecular weight is 368 g/mol. The van der Waals surface area contributed by atoms with Crippen molar-refractivity contribution in [2.45, 2.75) is 33.8 Å².